The van der Waals surface area contributed by atoms with Crippen molar-refractivity contribution in [2.24, 2.45) is 5.14 Å². The van der Waals surface area contributed by atoms with Crippen LogP contribution in [0.15, 0.2) is 24.3 Å². The Bertz CT molecular complexity index is 545. The van der Waals surface area contributed by atoms with Crippen LogP contribution in [0.5, 0.6) is 0 Å². The Balaban J connectivity index is 2.64. The van der Waals surface area contributed by atoms with Gasteiger partial charge in [-0.1, -0.05) is 6.07 Å². The zero-order valence-electron chi connectivity index (χ0n) is 10.5. The van der Waals surface area contributed by atoms with Gasteiger partial charge in [0, 0.05) is 18.2 Å². The summed E-state index contributed by atoms with van der Waals surface area (Å²) in [5.74, 6) is -0.849. The predicted molar refractivity (Wildman–Crippen MR) is 73.1 cm³/mol. The van der Waals surface area contributed by atoms with Gasteiger partial charge in [-0.25, -0.2) is 5.14 Å². The summed E-state index contributed by atoms with van der Waals surface area (Å²) >= 11 is 0. The normalized spacial score (nSPS) is 12.7. The highest BCUT2D eigenvalue weighted by Gasteiger charge is 2.07. The van der Waals surface area contributed by atoms with E-state index in [1.165, 1.54) is 0 Å². The molecule has 0 radical (unpaired) electrons. The van der Waals surface area contributed by atoms with E-state index in [0.29, 0.717) is 17.8 Å². The van der Waals surface area contributed by atoms with Gasteiger partial charge in [0.05, 0.1) is 5.69 Å². The fourth-order valence-corrected chi connectivity index (χ4v) is 1.99. The molecule has 5 N–H and O–H groups in total. The second kappa shape index (κ2) is 6.39. The van der Waals surface area contributed by atoms with Gasteiger partial charge < -0.3 is 10.4 Å². The number of aliphatic carboxylic acids is 1. The first-order valence-corrected chi connectivity index (χ1v) is 7.20. The van der Waals surface area contributed by atoms with Gasteiger partial charge in [-0.15, -0.1) is 0 Å². The van der Waals surface area contributed by atoms with Crippen LogP contribution < -0.4 is 15.2 Å². The van der Waals surface area contributed by atoms with Crippen molar-refractivity contribution in [3.05, 3.63) is 24.3 Å². The van der Waals surface area contributed by atoms with Crippen molar-refractivity contribution >= 4 is 27.6 Å². The number of nitrogens with one attached hydrogen (secondary N) is 2. The molecule has 0 heterocycles. The molecule has 106 valence electrons. The highest BCUT2D eigenvalue weighted by atomic mass is 32.2. The van der Waals surface area contributed by atoms with Gasteiger partial charge in [0.15, 0.2) is 0 Å². The minimum Gasteiger partial charge on any atom is -0.481 e. The van der Waals surface area contributed by atoms with E-state index in [1.54, 1.807) is 24.3 Å². The van der Waals surface area contributed by atoms with Gasteiger partial charge in [-0.3, -0.25) is 9.52 Å². The van der Waals surface area contributed by atoms with Gasteiger partial charge in [-0.2, -0.15) is 8.42 Å². The lowest BCUT2D eigenvalue weighted by molar-refractivity contribution is -0.137. The lowest BCUT2D eigenvalue weighted by Crippen LogP contribution is -2.22. The average molecular weight is 287 g/mol. The fourth-order valence-electron chi connectivity index (χ4n) is 1.53. The van der Waals surface area contributed by atoms with Crippen molar-refractivity contribution < 1.29 is 18.3 Å². The number of anilines is 2. The Labute approximate surface area is 112 Å². The maximum absolute atomic E-state index is 10.9. The lowest BCUT2D eigenvalue weighted by atomic mass is 10.1. The summed E-state index contributed by atoms with van der Waals surface area (Å²) in [5.41, 5.74) is 1.03. The highest BCUT2D eigenvalue weighted by molar-refractivity contribution is 7.90. The molecule has 1 unspecified atom stereocenters. The van der Waals surface area contributed by atoms with Gasteiger partial charge in [0.2, 0.25) is 0 Å². The third kappa shape index (κ3) is 6.63. The van der Waals surface area contributed by atoms with Gasteiger partial charge in [0.1, 0.15) is 0 Å². The largest absolute Gasteiger partial charge is 0.481 e. The van der Waals surface area contributed by atoms with Crippen LogP contribution in [0, 0.1) is 0 Å². The van der Waals surface area contributed by atoms with Crippen LogP contribution in [0.3, 0.4) is 0 Å². The summed E-state index contributed by atoms with van der Waals surface area (Å²) in [4.78, 5) is 10.4. The smallest absolute Gasteiger partial charge is 0.303 e. The summed E-state index contributed by atoms with van der Waals surface area (Å²) in [6.45, 7) is 1.85. The van der Waals surface area contributed by atoms with E-state index >= 15 is 0 Å². The van der Waals surface area contributed by atoms with Crippen LogP contribution in [0.4, 0.5) is 11.4 Å². The van der Waals surface area contributed by atoms with Crippen molar-refractivity contribution in [1.29, 1.82) is 0 Å². The molecular weight excluding hydrogens is 270 g/mol. The SMILES string of the molecule is CC(CCC(=O)O)Nc1cccc(NS(N)(=O)=O)c1. The van der Waals surface area contributed by atoms with E-state index in [0.717, 1.165) is 0 Å². The van der Waals surface area contributed by atoms with Crippen molar-refractivity contribution in [1.82, 2.24) is 0 Å². The molecule has 7 nitrogen and oxygen atoms in total. The van der Waals surface area contributed by atoms with Crippen LogP contribution in [0.2, 0.25) is 0 Å². The second-order valence-corrected chi connectivity index (χ2v) is 5.50. The Morgan fingerprint density at radius 3 is 2.63 bits per heavy atom. The van der Waals surface area contributed by atoms with E-state index < -0.39 is 16.2 Å². The molecule has 0 aliphatic rings. The summed E-state index contributed by atoms with van der Waals surface area (Å²) < 4.78 is 23.9. The van der Waals surface area contributed by atoms with E-state index in [4.69, 9.17) is 10.2 Å². The molecule has 0 amide bonds. The molecule has 0 spiro atoms. The van der Waals surface area contributed by atoms with E-state index in [1.807, 2.05) is 6.92 Å². The van der Waals surface area contributed by atoms with Gasteiger partial charge in [0.25, 0.3) is 10.2 Å². The minimum absolute atomic E-state index is 0.0409. The maximum atomic E-state index is 10.9. The summed E-state index contributed by atoms with van der Waals surface area (Å²) in [5, 5.41) is 16.5. The van der Waals surface area contributed by atoms with Gasteiger partial charge >= 0.3 is 5.97 Å². The van der Waals surface area contributed by atoms with Crippen molar-refractivity contribution in [3.8, 4) is 0 Å². The fraction of sp³-hybridized carbons (Fsp3) is 0.364. The Hall–Kier alpha value is -1.80. The van der Waals surface area contributed by atoms with Crippen LogP contribution in [0.1, 0.15) is 19.8 Å². The van der Waals surface area contributed by atoms with Crippen LogP contribution in [0.25, 0.3) is 0 Å². The number of carbonyl (C=O) groups is 1. The molecule has 1 aromatic rings. The molecule has 19 heavy (non-hydrogen) atoms. The standard InChI is InChI=1S/C11H17N3O4S/c1-8(5-6-11(15)16)13-9-3-2-4-10(7-9)14-19(12,17)18/h2-4,7-8,13-14H,5-6H2,1H3,(H,15,16)(H2,12,17,18). The first-order chi connectivity index (χ1) is 8.76. The molecular formula is C11H17N3O4S. The number of carboxylic acids is 1. The molecule has 0 saturated heterocycles. The summed E-state index contributed by atoms with van der Waals surface area (Å²) in [7, 11) is -3.80. The van der Waals surface area contributed by atoms with E-state index in [2.05, 4.69) is 10.0 Å². The van der Waals surface area contributed by atoms with Crippen LogP contribution in [-0.4, -0.2) is 25.5 Å². The quantitative estimate of drug-likeness (QED) is 0.595. The number of carboxylic acid groups (broad SMARTS) is 1. The molecule has 1 rings (SSSR count). The molecule has 1 aromatic carbocycles. The molecule has 0 aliphatic heterocycles. The number of hydrogen-bond donors (Lipinski definition) is 4. The minimum atomic E-state index is -3.80. The molecule has 8 heteroatoms. The molecule has 1 atom stereocenters. The van der Waals surface area contributed by atoms with E-state index in [9.17, 15) is 13.2 Å². The van der Waals surface area contributed by atoms with Gasteiger partial charge in [-0.05, 0) is 31.5 Å². The lowest BCUT2D eigenvalue weighted by Gasteiger charge is -2.15. The molecule has 0 saturated carbocycles. The van der Waals surface area contributed by atoms with Crippen molar-refractivity contribution in [2.45, 2.75) is 25.8 Å². The van der Waals surface area contributed by atoms with Crippen LogP contribution in [-0.2, 0) is 15.0 Å². The maximum Gasteiger partial charge on any atom is 0.303 e. The Morgan fingerprint density at radius 1 is 1.42 bits per heavy atom. The zero-order valence-corrected chi connectivity index (χ0v) is 11.3. The third-order valence-electron chi connectivity index (χ3n) is 2.33. The van der Waals surface area contributed by atoms with Crippen molar-refractivity contribution in [2.75, 3.05) is 10.0 Å². The second-order valence-electron chi connectivity index (χ2n) is 4.21. The molecule has 0 aromatic heterocycles. The number of nitrogens with two attached hydrogens (primary N) is 1. The monoisotopic (exact) mass is 287 g/mol. The first-order valence-electron chi connectivity index (χ1n) is 5.65. The summed E-state index contributed by atoms with van der Waals surface area (Å²) in [6.07, 6.45) is 0.547. The van der Waals surface area contributed by atoms with E-state index in [-0.39, 0.29) is 12.5 Å². The average Bonchev–Trinajstić information content (AvgIpc) is 2.24. The molecule has 0 aliphatic carbocycles. The third-order valence-corrected chi connectivity index (χ3v) is 2.85. The number of hydrogen-bond acceptors (Lipinski definition) is 4. The molecule has 0 fully saturated rings. The van der Waals surface area contributed by atoms with Crippen LogP contribution >= 0.6 is 0 Å². The highest BCUT2D eigenvalue weighted by Crippen LogP contribution is 2.17. The predicted octanol–water partition coefficient (Wildman–Crippen LogP) is 0.967. The number of benzene rings is 1. The Morgan fingerprint density at radius 2 is 2.05 bits per heavy atom. The summed E-state index contributed by atoms with van der Waals surface area (Å²) in [6, 6.07) is 6.53. The molecule has 0 bridgehead atoms. The topological polar surface area (TPSA) is 122 Å². The number of rotatable bonds is 7. The van der Waals surface area contributed by atoms with Crippen molar-refractivity contribution in [3.63, 3.8) is 0 Å². The first kappa shape index (κ1) is 15.3. The Kier molecular flexibility index (Phi) is 5.13. The zero-order chi connectivity index (χ0) is 14.5.